The number of halogens is 2. The molecular weight excluding hydrogens is 935 g/mol. The number of phenols is 1. The number of pyridine rings is 1. The predicted octanol–water partition coefficient (Wildman–Crippen LogP) is 6.72. The van der Waals surface area contributed by atoms with Crippen molar-refractivity contribution in [2.24, 2.45) is 12.5 Å². The first-order valence-corrected chi connectivity index (χ1v) is 26.1. The van der Waals surface area contributed by atoms with Crippen LogP contribution in [0.4, 0.5) is 14.6 Å². The fourth-order valence-corrected chi connectivity index (χ4v) is 12.0. The molecule has 3 N–H and O–H groups in total. The number of benzene rings is 3. The van der Waals surface area contributed by atoms with E-state index in [2.05, 4.69) is 43.3 Å². The van der Waals surface area contributed by atoms with Gasteiger partial charge in [0.15, 0.2) is 5.82 Å². The number of fused-ring (bicyclic) bond motifs is 3. The van der Waals surface area contributed by atoms with E-state index in [-0.39, 0.29) is 58.2 Å². The Morgan fingerprint density at radius 2 is 1.73 bits per heavy atom. The molecule has 1 unspecified atom stereocenters. The Morgan fingerprint density at radius 1 is 0.932 bits per heavy atom. The van der Waals surface area contributed by atoms with Gasteiger partial charge in [0.25, 0.3) is 0 Å². The van der Waals surface area contributed by atoms with Crippen LogP contribution in [0.15, 0.2) is 48.7 Å². The summed E-state index contributed by atoms with van der Waals surface area (Å²) < 4.78 is 40.6. The number of aryl methyl sites for hydroxylation is 2. The number of nitrogens with zero attached hydrogens (tertiary/aromatic N) is 9. The second-order valence-electron chi connectivity index (χ2n) is 21.6. The molecule has 5 aliphatic rings. The summed E-state index contributed by atoms with van der Waals surface area (Å²) in [6, 6.07) is 12.3. The van der Waals surface area contributed by atoms with Crippen molar-refractivity contribution in [2.75, 3.05) is 77.0 Å². The summed E-state index contributed by atoms with van der Waals surface area (Å²) >= 11 is 0. The number of aromatic nitrogens is 5. The van der Waals surface area contributed by atoms with Crippen LogP contribution >= 0.6 is 0 Å². The van der Waals surface area contributed by atoms with Crippen molar-refractivity contribution >= 4 is 56.1 Å². The number of rotatable bonds is 13. The maximum Gasteiger partial charge on any atom is 0.319 e. The van der Waals surface area contributed by atoms with Gasteiger partial charge in [-0.25, -0.2) is 8.78 Å². The van der Waals surface area contributed by atoms with E-state index in [1.807, 2.05) is 28.5 Å². The number of amides is 3. The summed E-state index contributed by atoms with van der Waals surface area (Å²) in [4.78, 5) is 60.7. The zero-order chi connectivity index (χ0) is 50.8. The lowest BCUT2D eigenvalue weighted by atomic mass is 9.88. The first-order valence-electron chi connectivity index (χ1n) is 26.1. The van der Waals surface area contributed by atoms with Gasteiger partial charge in [-0.1, -0.05) is 25.1 Å². The van der Waals surface area contributed by atoms with Crippen LogP contribution in [0.3, 0.4) is 0 Å². The number of piperidine rings is 3. The van der Waals surface area contributed by atoms with Crippen molar-refractivity contribution in [1.29, 1.82) is 0 Å². The van der Waals surface area contributed by atoms with Crippen molar-refractivity contribution < 1.29 is 38.1 Å². The van der Waals surface area contributed by atoms with Crippen LogP contribution in [0.2, 0.25) is 0 Å². The molecule has 5 fully saturated rings. The lowest BCUT2D eigenvalue weighted by Crippen LogP contribution is -2.51. The first kappa shape index (κ1) is 48.9. The number of ether oxygens (including phenoxy) is 1. The van der Waals surface area contributed by atoms with Crippen molar-refractivity contribution in [2.45, 2.75) is 95.5 Å². The average Bonchev–Trinajstić information content (AvgIpc) is 4.07. The molecule has 3 aromatic heterocycles. The maximum atomic E-state index is 17.1. The third kappa shape index (κ3) is 9.80. The number of piperazine rings is 1. The maximum absolute atomic E-state index is 17.1. The van der Waals surface area contributed by atoms with Crippen LogP contribution in [0.1, 0.15) is 100 Å². The summed E-state index contributed by atoms with van der Waals surface area (Å²) in [6.07, 6.45) is 8.34. The Morgan fingerprint density at radius 3 is 2.47 bits per heavy atom. The predicted molar refractivity (Wildman–Crippen MR) is 272 cm³/mol. The number of hydrogen-bond acceptors (Lipinski definition) is 13. The Bertz CT molecular complexity index is 3140. The number of aromatic hydroxyl groups is 1. The van der Waals surface area contributed by atoms with E-state index in [4.69, 9.17) is 14.8 Å². The highest BCUT2D eigenvalue weighted by molar-refractivity contribution is 6.03. The van der Waals surface area contributed by atoms with Crippen molar-refractivity contribution in [1.82, 2.24) is 44.7 Å². The van der Waals surface area contributed by atoms with Gasteiger partial charge in [0.1, 0.15) is 28.6 Å². The molecule has 6 aromatic rings. The Kier molecular flexibility index (Phi) is 13.0. The molecule has 0 radical (unpaired) electrons. The molecule has 73 heavy (non-hydrogen) atoms. The third-order valence-corrected chi connectivity index (χ3v) is 16.3. The summed E-state index contributed by atoms with van der Waals surface area (Å²) in [6.45, 7) is 11.0. The molecule has 11 rings (SSSR count). The number of likely N-dealkylation sites (tertiary alicyclic amines) is 1. The van der Waals surface area contributed by atoms with Gasteiger partial charge in [-0.2, -0.15) is 15.1 Å². The number of carbonyl (C=O) groups is 3. The van der Waals surface area contributed by atoms with Crippen molar-refractivity contribution in [3.63, 3.8) is 0 Å². The Balaban J connectivity index is 0.705. The Hall–Kier alpha value is -6.37. The van der Waals surface area contributed by atoms with E-state index in [0.717, 1.165) is 81.5 Å². The molecule has 0 spiro atoms. The van der Waals surface area contributed by atoms with E-state index >= 15 is 8.78 Å². The van der Waals surface area contributed by atoms with Crippen LogP contribution < -0.4 is 15.0 Å². The fraction of sp³-hybridized carbons (Fsp3) is 0.509. The summed E-state index contributed by atoms with van der Waals surface area (Å²) in [5.41, 5.74) is 2.41. The highest BCUT2D eigenvalue weighted by Crippen LogP contribution is 2.47. The number of β-amino-alcohol motifs (C(OH)–C–C–N with tert-alkyl or cyclic N) is 1. The zero-order valence-corrected chi connectivity index (χ0v) is 41.9. The largest absolute Gasteiger partial charge is 0.508 e. The van der Waals surface area contributed by atoms with Gasteiger partial charge in [0.2, 0.25) is 17.7 Å². The van der Waals surface area contributed by atoms with Crippen LogP contribution in [-0.4, -0.2) is 145 Å². The standard InChI is InChI=1S/C55H64F2N10O6/c1-4-37-42(56)10-7-35-26-36(68)28-40(46(35)37)49-47(57)50-41(29-58-49)51(67-18-5-15-54(2,72)30-67)61-53(60-50)73-32-55(16-17-55)31-65-22-24-66(25-23-65)45(70)14-21-64-19-12-33(13-20-64)34-6-8-38-43(27-34)63(3)62-48(38)39-9-11-44(69)59-52(39)71/h6-8,10,26-29,33,39,68,72H,4-5,9,11-25,30-32H2,1-3H3,(H,59,69,71)/t39?,54-/m1/s1. The van der Waals surface area contributed by atoms with Crippen LogP contribution in [0.25, 0.3) is 43.8 Å². The van der Waals surface area contributed by atoms with Crippen LogP contribution in [0.5, 0.6) is 11.8 Å². The lowest BCUT2D eigenvalue weighted by molar-refractivity contribution is -0.135. The monoisotopic (exact) mass is 998 g/mol. The Labute approximate surface area is 422 Å². The molecule has 16 nitrogen and oxygen atoms in total. The summed E-state index contributed by atoms with van der Waals surface area (Å²) in [5.74, 6) is -1.22. The molecule has 4 saturated heterocycles. The molecule has 2 atom stereocenters. The highest BCUT2D eigenvalue weighted by atomic mass is 19.1. The molecule has 18 heteroatoms. The molecule has 384 valence electrons. The number of anilines is 1. The van der Waals surface area contributed by atoms with E-state index in [9.17, 15) is 24.6 Å². The van der Waals surface area contributed by atoms with Crippen molar-refractivity contribution in [3.05, 3.63) is 77.1 Å². The lowest BCUT2D eigenvalue weighted by Gasteiger charge is -2.38. The fourth-order valence-electron chi connectivity index (χ4n) is 12.0. The number of phenolic OH excluding ortho intramolecular Hbond substituents is 1. The molecule has 0 bridgehead atoms. The van der Waals surface area contributed by atoms with E-state index in [1.54, 1.807) is 13.0 Å². The molecule has 3 aromatic carbocycles. The van der Waals surface area contributed by atoms with E-state index in [0.29, 0.717) is 98.2 Å². The van der Waals surface area contributed by atoms with Gasteiger partial charge < -0.3 is 29.6 Å². The number of nitrogens with one attached hydrogen (secondary N) is 1. The van der Waals surface area contributed by atoms with Gasteiger partial charge >= 0.3 is 6.01 Å². The minimum absolute atomic E-state index is 0.0140. The molecule has 1 saturated carbocycles. The quantitative estimate of drug-likeness (QED) is 0.104. The first-order chi connectivity index (χ1) is 35.1. The topological polar surface area (TPSA) is 182 Å². The van der Waals surface area contributed by atoms with E-state index in [1.165, 1.54) is 30.0 Å². The molecular formula is C55H64F2N10O6. The second-order valence-corrected chi connectivity index (χ2v) is 21.6. The SMILES string of the molecule is CCc1c(F)ccc2cc(O)cc(-c3ncc4c(N5CCC[C@@](C)(O)C5)nc(OCC5(CN6CCN(C(=O)CCN7CCC(c8ccc9c(C%10CCC(=O)NC%10=O)nn(C)c9c8)CC7)CC6)CC5)nc4c3F)c12. The van der Waals surface area contributed by atoms with Gasteiger partial charge in [-0.15, -0.1) is 0 Å². The summed E-state index contributed by atoms with van der Waals surface area (Å²) in [5, 5.41) is 31.3. The van der Waals surface area contributed by atoms with Gasteiger partial charge in [-0.05, 0) is 123 Å². The van der Waals surface area contributed by atoms with Crippen LogP contribution in [-0.2, 0) is 27.9 Å². The number of carbonyl (C=O) groups excluding carboxylic acids is 3. The molecule has 1 aliphatic carbocycles. The summed E-state index contributed by atoms with van der Waals surface area (Å²) in [7, 11) is 1.90. The normalized spacial score (nSPS) is 22.1. The minimum Gasteiger partial charge on any atom is -0.508 e. The van der Waals surface area contributed by atoms with E-state index < -0.39 is 23.2 Å². The van der Waals surface area contributed by atoms with Crippen LogP contribution in [0, 0.1) is 17.0 Å². The zero-order valence-electron chi connectivity index (χ0n) is 41.9. The smallest absolute Gasteiger partial charge is 0.319 e. The number of imide groups is 1. The van der Waals surface area contributed by atoms with Gasteiger partial charge in [0.05, 0.1) is 34.7 Å². The minimum atomic E-state index is -0.982. The molecule has 3 amide bonds. The van der Waals surface area contributed by atoms with Gasteiger partial charge in [-0.3, -0.25) is 34.3 Å². The average molecular weight is 999 g/mol. The van der Waals surface area contributed by atoms with Crippen molar-refractivity contribution in [3.8, 4) is 23.0 Å². The molecule has 7 heterocycles. The second kappa shape index (κ2) is 19.5. The number of hydrogen-bond donors (Lipinski definition) is 3. The van der Waals surface area contributed by atoms with Gasteiger partial charge in [0, 0.05) is 94.8 Å². The molecule has 4 aliphatic heterocycles. The third-order valence-electron chi connectivity index (χ3n) is 16.3. The highest BCUT2D eigenvalue weighted by Gasteiger charge is 2.46. The number of aliphatic hydroxyl groups is 1.